The highest BCUT2D eigenvalue weighted by Gasteiger charge is 2.11. The van der Waals surface area contributed by atoms with Crippen LogP contribution in [-0.4, -0.2) is 41.1 Å². The second-order valence-corrected chi connectivity index (χ2v) is 6.07. The number of aromatic nitrogens is 1. The first-order valence-electron chi connectivity index (χ1n) is 7.44. The van der Waals surface area contributed by atoms with Gasteiger partial charge in [-0.1, -0.05) is 11.2 Å². The van der Waals surface area contributed by atoms with E-state index in [1.807, 2.05) is 0 Å². The molecule has 0 spiro atoms. The van der Waals surface area contributed by atoms with Gasteiger partial charge in [0, 0.05) is 11.8 Å². The minimum absolute atomic E-state index is 0.0104. The molecule has 1 aromatic carbocycles. The second kappa shape index (κ2) is 9.56. The summed E-state index contributed by atoms with van der Waals surface area (Å²) in [4.78, 5) is 34.8. The van der Waals surface area contributed by atoms with E-state index in [0.29, 0.717) is 11.6 Å². The number of thioether (sulfide) groups is 1. The standard InChI is InChI=1S/C16H16FN3O5S/c1-10-5-13(20-25-10)19-15(22)8-26-9-16(23)24-7-14(21)18-12-4-2-3-11(17)6-12/h2-6H,7-9H2,1H3,(H,18,21)(H,19,20,22). The van der Waals surface area contributed by atoms with Crippen LogP contribution in [0.4, 0.5) is 15.9 Å². The Morgan fingerprint density at radius 3 is 2.69 bits per heavy atom. The van der Waals surface area contributed by atoms with Gasteiger partial charge in [-0.15, -0.1) is 11.8 Å². The van der Waals surface area contributed by atoms with Gasteiger partial charge in [0.25, 0.3) is 5.91 Å². The maximum Gasteiger partial charge on any atom is 0.316 e. The summed E-state index contributed by atoms with van der Waals surface area (Å²) in [5.41, 5.74) is 0.264. The molecule has 2 amide bonds. The molecule has 0 aliphatic carbocycles. The number of carbonyl (C=O) groups excluding carboxylic acids is 3. The van der Waals surface area contributed by atoms with Crippen LogP contribution in [-0.2, 0) is 19.1 Å². The van der Waals surface area contributed by atoms with Crippen molar-refractivity contribution in [3.8, 4) is 0 Å². The van der Waals surface area contributed by atoms with Gasteiger partial charge in [0.1, 0.15) is 11.6 Å². The molecule has 0 aliphatic heterocycles. The number of hydrogen-bond acceptors (Lipinski definition) is 7. The Hall–Kier alpha value is -2.88. The predicted octanol–water partition coefficient (Wildman–Crippen LogP) is 1.98. The normalized spacial score (nSPS) is 10.2. The number of aryl methyl sites for hydroxylation is 1. The third-order valence-electron chi connectivity index (χ3n) is 2.82. The zero-order valence-corrected chi connectivity index (χ0v) is 14.6. The molecular formula is C16H16FN3O5S. The van der Waals surface area contributed by atoms with E-state index in [4.69, 9.17) is 9.26 Å². The lowest BCUT2D eigenvalue weighted by Crippen LogP contribution is -2.22. The molecule has 0 fully saturated rings. The molecule has 26 heavy (non-hydrogen) atoms. The molecule has 1 heterocycles. The van der Waals surface area contributed by atoms with Gasteiger partial charge in [0.15, 0.2) is 12.4 Å². The Morgan fingerprint density at radius 1 is 1.19 bits per heavy atom. The van der Waals surface area contributed by atoms with Crippen molar-refractivity contribution in [2.75, 3.05) is 28.7 Å². The van der Waals surface area contributed by atoms with E-state index in [2.05, 4.69) is 15.8 Å². The van der Waals surface area contributed by atoms with Crippen LogP contribution in [0.15, 0.2) is 34.9 Å². The molecule has 0 bridgehead atoms. The average Bonchev–Trinajstić information content (AvgIpc) is 2.98. The van der Waals surface area contributed by atoms with Gasteiger partial charge in [-0.05, 0) is 25.1 Å². The van der Waals surface area contributed by atoms with Gasteiger partial charge in [0.05, 0.1) is 11.5 Å². The molecule has 0 saturated heterocycles. The lowest BCUT2D eigenvalue weighted by atomic mass is 10.3. The molecule has 0 aliphatic rings. The quantitative estimate of drug-likeness (QED) is 0.673. The van der Waals surface area contributed by atoms with Crippen molar-refractivity contribution in [1.82, 2.24) is 5.16 Å². The maximum absolute atomic E-state index is 13.0. The fourth-order valence-electron chi connectivity index (χ4n) is 1.78. The van der Waals surface area contributed by atoms with Crippen molar-refractivity contribution in [2.24, 2.45) is 0 Å². The molecule has 0 saturated carbocycles. The van der Waals surface area contributed by atoms with Gasteiger partial charge < -0.3 is 19.9 Å². The third kappa shape index (κ3) is 6.93. The fourth-order valence-corrected chi connectivity index (χ4v) is 2.39. The summed E-state index contributed by atoms with van der Waals surface area (Å²) in [7, 11) is 0. The van der Waals surface area contributed by atoms with Crippen LogP contribution in [0.1, 0.15) is 5.76 Å². The Balaban J connectivity index is 1.61. The summed E-state index contributed by atoms with van der Waals surface area (Å²) in [5, 5.41) is 8.52. The van der Waals surface area contributed by atoms with E-state index < -0.39 is 24.3 Å². The van der Waals surface area contributed by atoms with E-state index in [-0.39, 0.29) is 23.1 Å². The van der Waals surface area contributed by atoms with Crippen LogP contribution in [0.2, 0.25) is 0 Å². The summed E-state index contributed by atoms with van der Waals surface area (Å²) < 4.78 is 22.6. The number of esters is 1. The van der Waals surface area contributed by atoms with Gasteiger partial charge in [0.2, 0.25) is 5.91 Å². The molecule has 0 radical (unpaired) electrons. The van der Waals surface area contributed by atoms with Gasteiger partial charge in [-0.3, -0.25) is 14.4 Å². The summed E-state index contributed by atoms with van der Waals surface area (Å²) in [6.07, 6.45) is 0. The van der Waals surface area contributed by atoms with Crippen molar-refractivity contribution in [1.29, 1.82) is 0 Å². The monoisotopic (exact) mass is 381 g/mol. The van der Waals surface area contributed by atoms with E-state index in [1.165, 1.54) is 18.2 Å². The highest BCUT2D eigenvalue weighted by molar-refractivity contribution is 8.00. The van der Waals surface area contributed by atoms with Crippen molar-refractivity contribution >= 4 is 41.1 Å². The second-order valence-electron chi connectivity index (χ2n) is 5.08. The molecule has 2 rings (SSSR count). The van der Waals surface area contributed by atoms with Crippen LogP contribution >= 0.6 is 11.8 Å². The molecular weight excluding hydrogens is 365 g/mol. The number of rotatable bonds is 8. The summed E-state index contributed by atoms with van der Waals surface area (Å²) in [6, 6.07) is 6.90. The highest BCUT2D eigenvalue weighted by atomic mass is 32.2. The Kier molecular flexibility index (Phi) is 7.15. The van der Waals surface area contributed by atoms with Crippen LogP contribution in [0.25, 0.3) is 0 Å². The largest absolute Gasteiger partial charge is 0.455 e. The summed E-state index contributed by atoms with van der Waals surface area (Å²) in [5.74, 6) is -1.30. The molecule has 2 aromatic rings. The van der Waals surface area contributed by atoms with E-state index in [1.54, 1.807) is 13.0 Å². The molecule has 0 unspecified atom stereocenters. The lowest BCUT2D eigenvalue weighted by Gasteiger charge is -2.06. The van der Waals surface area contributed by atoms with Gasteiger partial charge in [-0.2, -0.15) is 0 Å². The summed E-state index contributed by atoms with van der Waals surface area (Å²) in [6.45, 7) is 1.19. The average molecular weight is 381 g/mol. The highest BCUT2D eigenvalue weighted by Crippen LogP contribution is 2.10. The van der Waals surface area contributed by atoms with E-state index >= 15 is 0 Å². The number of amides is 2. The first-order chi connectivity index (χ1) is 12.4. The number of nitrogens with one attached hydrogen (secondary N) is 2. The minimum atomic E-state index is -0.644. The van der Waals surface area contributed by atoms with Crippen LogP contribution in [0.5, 0.6) is 0 Å². The number of halogens is 1. The Bertz CT molecular complexity index is 796. The summed E-state index contributed by atoms with van der Waals surface area (Å²) >= 11 is 1.03. The number of hydrogen-bond donors (Lipinski definition) is 2. The van der Waals surface area contributed by atoms with Crippen molar-refractivity contribution in [2.45, 2.75) is 6.92 Å². The van der Waals surface area contributed by atoms with Crippen LogP contribution in [0.3, 0.4) is 0 Å². The van der Waals surface area contributed by atoms with Crippen molar-refractivity contribution in [3.63, 3.8) is 0 Å². The number of anilines is 2. The lowest BCUT2D eigenvalue weighted by molar-refractivity contribution is -0.144. The van der Waals surface area contributed by atoms with Crippen molar-refractivity contribution in [3.05, 3.63) is 41.9 Å². The van der Waals surface area contributed by atoms with Gasteiger partial charge >= 0.3 is 5.97 Å². The van der Waals surface area contributed by atoms with E-state index in [0.717, 1.165) is 17.8 Å². The van der Waals surface area contributed by atoms with Crippen LogP contribution < -0.4 is 10.6 Å². The third-order valence-corrected chi connectivity index (χ3v) is 3.73. The zero-order chi connectivity index (χ0) is 18.9. The molecule has 1 aromatic heterocycles. The fraction of sp³-hybridized carbons (Fsp3) is 0.250. The molecule has 0 atom stereocenters. The Labute approximate surface area is 152 Å². The van der Waals surface area contributed by atoms with Gasteiger partial charge in [-0.25, -0.2) is 4.39 Å². The smallest absolute Gasteiger partial charge is 0.316 e. The zero-order valence-electron chi connectivity index (χ0n) is 13.8. The molecule has 8 nitrogen and oxygen atoms in total. The van der Waals surface area contributed by atoms with Crippen LogP contribution in [0, 0.1) is 12.7 Å². The molecule has 10 heteroatoms. The topological polar surface area (TPSA) is 111 Å². The minimum Gasteiger partial charge on any atom is -0.455 e. The number of benzene rings is 1. The SMILES string of the molecule is Cc1cc(NC(=O)CSCC(=O)OCC(=O)Nc2cccc(F)c2)no1. The first-order valence-corrected chi connectivity index (χ1v) is 8.60. The Morgan fingerprint density at radius 2 is 2.00 bits per heavy atom. The molecule has 2 N–H and O–H groups in total. The van der Waals surface area contributed by atoms with Crippen molar-refractivity contribution < 1.29 is 28.0 Å². The number of ether oxygens (including phenoxy) is 1. The number of nitrogens with zero attached hydrogens (tertiary/aromatic N) is 1. The first kappa shape index (κ1) is 19.4. The maximum atomic E-state index is 13.0. The predicted molar refractivity (Wildman–Crippen MR) is 93.2 cm³/mol. The number of carbonyl (C=O) groups is 3. The van der Waals surface area contributed by atoms with E-state index in [9.17, 15) is 18.8 Å². The molecule has 138 valence electrons.